The smallest absolute Gasteiger partial charge is 0.382 e. The molecule has 1 aliphatic rings. The summed E-state index contributed by atoms with van der Waals surface area (Å²) in [5, 5.41) is 12.3. The minimum Gasteiger partial charge on any atom is -0.382 e. The predicted octanol–water partition coefficient (Wildman–Crippen LogP) is 1.37. The van der Waals surface area contributed by atoms with Crippen molar-refractivity contribution in [3.8, 4) is 0 Å². The maximum Gasteiger partial charge on any atom is 0.415 e. The Labute approximate surface area is 100.0 Å². The van der Waals surface area contributed by atoms with Gasteiger partial charge in [0, 0.05) is 19.1 Å². The van der Waals surface area contributed by atoms with Crippen LogP contribution in [0.3, 0.4) is 0 Å². The Morgan fingerprint density at radius 1 is 1.47 bits per heavy atom. The van der Waals surface area contributed by atoms with E-state index in [1.165, 1.54) is 0 Å². The summed E-state index contributed by atoms with van der Waals surface area (Å²) in [4.78, 5) is 1.70. The van der Waals surface area contributed by atoms with Crippen molar-refractivity contribution >= 4 is 0 Å². The molecule has 0 spiro atoms. The Hall–Kier alpha value is -0.330. The van der Waals surface area contributed by atoms with Crippen molar-refractivity contribution in [3.63, 3.8) is 0 Å². The molecule has 0 aromatic carbocycles. The topological polar surface area (TPSA) is 35.5 Å². The number of nitrogens with zero attached hydrogens (tertiary/aromatic N) is 1. The zero-order valence-electron chi connectivity index (χ0n) is 10.1. The molecule has 0 aromatic rings. The molecule has 1 rings (SSSR count). The molecule has 2 atom stereocenters. The van der Waals surface area contributed by atoms with E-state index < -0.39 is 12.3 Å². The highest BCUT2D eigenvalue weighted by molar-refractivity contribution is 4.80. The molecule has 2 N–H and O–H groups in total. The van der Waals surface area contributed by atoms with E-state index in [0.717, 1.165) is 25.8 Å². The van der Waals surface area contributed by atoms with Gasteiger partial charge >= 0.3 is 6.18 Å². The van der Waals surface area contributed by atoms with E-state index >= 15 is 0 Å². The first-order chi connectivity index (χ1) is 7.93. The number of rotatable bonds is 6. The molecule has 0 aliphatic carbocycles. The molecule has 1 fully saturated rings. The van der Waals surface area contributed by atoms with Gasteiger partial charge in [-0.15, -0.1) is 0 Å². The van der Waals surface area contributed by atoms with Crippen LogP contribution in [-0.4, -0.2) is 54.5 Å². The van der Waals surface area contributed by atoms with Gasteiger partial charge in [-0.1, -0.05) is 6.92 Å². The van der Waals surface area contributed by atoms with E-state index in [1.54, 1.807) is 4.90 Å². The average Bonchev–Trinajstić information content (AvgIpc) is 2.69. The van der Waals surface area contributed by atoms with Gasteiger partial charge in [0.25, 0.3) is 0 Å². The summed E-state index contributed by atoms with van der Waals surface area (Å²) in [5.41, 5.74) is 0. The van der Waals surface area contributed by atoms with Crippen molar-refractivity contribution < 1.29 is 18.3 Å². The molecule has 0 amide bonds. The second-order valence-corrected chi connectivity index (χ2v) is 4.61. The fraction of sp³-hybridized carbons (Fsp3) is 1.00. The van der Waals surface area contributed by atoms with Crippen molar-refractivity contribution in [2.24, 2.45) is 0 Å². The number of hydrogen-bond acceptors (Lipinski definition) is 3. The molecule has 6 heteroatoms. The van der Waals surface area contributed by atoms with Crippen molar-refractivity contribution in [2.45, 2.75) is 44.5 Å². The monoisotopic (exact) mass is 254 g/mol. The summed E-state index contributed by atoms with van der Waals surface area (Å²) in [6, 6.07) is 0.266. The number of halogens is 3. The van der Waals surface area contributed by atoms with E-state index in [2.05, 4.69) is 5.32 Å². The third-order valence-corrected chi connectivity index (χ3v) is 2.99. The van der Waals surface area contributed by atoms with Crippen molar-refractivity contribution in [1.29, 1.82) is 0 Å². The number of hydrogen-bond donors (Lipinski definition) is 2. The fourth-order valence-corrected chi connectivity index (χ4v) is 2.15. The van der Waals surface area contributed by atoms with Crippen LogP contribution in [0.25, 0.3) is 0 Å². The van der Waals surface area contributed by atoms with Crippen LogP contribution < -0.4 is 5.32 Å². The maximum absolute atomic E-state index is 12.3. The van der Waals surface area contributed by atoms with Gasteiger partial charge in [0.2, 0.25) is 0 Å². The summed E-state index contributed by atoms with van der Waals surface area (Å²) >= 11 is 0. The van der Waals surface area contributed by atoms with Crippen LogP contribution in [0.1, 0.15) is 26.2 Å². The van der Waals surface area contributed by atoms with Crippen LogP contribution >= 0.6 is 0 Å². The molecule has 0 saturated carbocycles. The van der Waals surface area contributed by atoms with Gasteiger partial charge in [0.1, 0.15) is 0 Å². The van der Waals surface area contributed by atoms with Gasteiger partial charge in [0.05, 0.1) is 0 Å². The summed E-state index contributed by atoms with van der Waals surface area (Å²) in [6.07, 6.45) is -3.89. The highest BCUT2D eigenvalue weighted by Crippen LogP contribution is 2.21. The second-order valence-electron chi connectivity index (χ2n) is 4.61. The van der Waals surface area contributed by atoms with Crippen LogP contribution in [0.15, 0.2) is 0 Å². The zero-order chi connectivity index (χ0) is 12.9. The lowest BCUT2D eigenvalue weighted by molar-refractivity contribution is -0.208. The lowest BCUT2D eigenvalue weighted by Gasteiger charge is -2.28. The highest BCUT2D eigenvalue weighted by atomic mass is 19.4. The van der Waals surface area contributed by atoms with E-state index in [0.29, 0.717) is 13.1 Å². The number of aliphatic hydroxyl groups is 1. The Balaban J connectivity index is 2.41. The molecular weight excluding hydrogens is 233 g/mol. The molecule has 1 aliphatic heterocycles. The first-order valence-corrected chi connectivity index (χ1v) is 6.14. The van der Waals surface area contributed by atoms with Crippen LogP contribution in [-0.2, 0) is 0 Å². The lowest BCUT2D eigenvalue weighted by Crippen LogP contribution is -2.45. The minimum atomic E-state index is -4.52. The molecule has 3 nitrogen and oxygen atoms in total. The molecule has 0 aromatic heterocycles. The zero-order valence-corrected chi connectivity index (χ0v) is 10.1. The van der Waals surface area contributed by atoms with Crippen molar-refractivity contribution in [3.05, 3.63) is 0 Å². The van der Waals surface area contributed by atoms with Crippen LogP contribution in [0.5, 0.6) is 0 Å². The molecule has 102 valence electrons. The molecular formula is C11H21F3N2O. The molecule has 0 radical (unpaired) electrons. The van der Waals surface area contributed by atoms with E-state index in [4.69, 9.17) is 5.11 Å². The third-order valence-electron chi connectivity index (χ3n) is 2.99. The number of aliphatic hydroxyl groups excluding tert-OH is 1. The summed E-state index contributed by atoms with van der Waals surface area (Å²) in [7, 11) is 0. The Morgan fingerprint density at radius 2 is 2.18 bits per heavy atom. The van der Waals surface area contributed by atoms with Gasteiger partial charge in [-0.05, 0) is 32.4 Å². The van der Waals surface area contributed by atoms with Crippen molar-refractivity contribution in [1.82, 2.24) is 10.2 Å². The molecule has 1 heterocycles. The standard InChI is InChI=1S/C11H21F3N2O/c1-2-6-16(7-9-4-3-5-15-9)8-10(17)11(12,13)14/h9-10,15,17H,2-8H2,1H3. The third kappa shape index (κ3) is 5.23. The normalized spacial score (nSPS) is 23.3. The summed E-state index contributed by atoms with van der Waals surface area (Å²) in [5.74, 6) is 0. The van der Waals surface area contributed by atoms with Crippen LogP contribution in [0.2, 0.25) is 0 Å². The Kier molecular flexibility index (Phi) is 5.69. The number of nitrogens with one attached hydrogen (secondary N) is 1. The van der Waals surface area contributed by atoms with Crippen molar-refractivity contribution in [2.75, 3.05) is 26.2 Å². The first kappa shape index (κ1) is 14.7. The Bertz CT molecular complexity index is 217. The summed E-state index contributed by atoms with van der Waals surface area (Å²) in [6.45, 7) is 3.71. The van der Waals surface area contributed by atoms with Gasteiger partial charge in [-0.3, -0.25) is 4.90 Å². The summed E-state index contributed by atoms with van der Waals surface area (Å²) < 4.78 is 36.8. The van der Waals surface area contributed by atoms with E-state index in [-0.39, 0.29) is 12.6 Å². The van der Waals surface area contributed by atoms with Gasteiger partial charge in [0.15, 0.2) is 6.10 Å². The SMILES string of the molecule is CCCN(CC1CCCN1)CC(O)C(F)(F)F. The highest BCUT2D eigenvalue weighted by Gasteiger charge is 2.39. The Morgan fingerprint density at radius 3 is 2.65 bits per heavy atom. The molecule has 17 heavy (non-hydrogen) atoms. The van der Waals surface area contributed by atoms with E-state index in [9.17, 15) is 13.2 Å². The van der Waals surface area contributed by atoms with Gasteiger partial charge in [-0.2, -0.15) is 13.2 Å². The first-order valence-electron chi connectivity index (χ1n) is 6.14. The van der Waals surface area contributed by atoms with Crippen LogP contribution in [0, 0.1) is 0 Å². The van der Waals surface area contributed by atoms with Crippen LogP contribution in [0.4, 0.5) is 13.2 Å². The van der Waals surface area contributed by atoms with Gasteiger partial charge < -0.3 is 10.4 Å². The largest absolute Gasteiger partial charge is 0.415 e. The second kappa shape index (κ2) is 6.56. The quantitative estimate of drug-likeness (QED) is 0.751. The lowest BCUT2D eigenvalue weighted by atomic mass is 10.2. The van der Waals surface area contributed by atoms with Gasteiger partial charge in [-0.25, -0.2) is 0 Å². The minimum absolute atomic E-state index is 0.266. The molecule has 1 saturated heterocycles. The fourth-order valence-electron chi connectivity index (χ4n) is 2.15. The number of alkyl halides is 3. The molecule has 0 bridgehead atoms. The average molecular weight is 254 g/mol. The maximum atomic E-state index is 12.3. The molecule has 2 unspecified atom stereocenters. The van der Waals surface area contributed by atoms with E-state index in [1.807, 2.05) is 6.92 Å². The predicted molar refractivity (Wildman–Crippen MR) is 59.8 cm³/mol.